The van der Waals surface area contributed by atoms with Crippen LogP contribution in [-0.2, 0) is 11.3 Å². The molecule has 1 aromatic heterocycles. The molecule has 0 saturated carbocycles. The quantitative estimate of drug-likeness (QED) is 0.840. The Hall–Kier alpha value is -1.63. The first-order chi connectivity index (χ1) is 9.70. The van der Waals surface area contributed by atoms with Gasteiger partial charge >= 0.3 is 0 Å². The summed E-state index contributed by atoms with van der Waals surface area (Å²) in [5.74, 6) is -0.155. The molecule has 3 N–H and O–H groups in total. The van der Waals surface area contributed by atoms with Crippen molar-refractivity contribution in [1.82, 2.24) is 14.8 Å². The van der Waals surface area contributed by atoms with Crippen LogP contribution in [0, 0.1) is 0 Å². The van der Waals surface area contributed by atoms with Crippen LogP contribution in [0.15, 0.2) is 36.9 Å². The maximum absolute atomic E-state index is 12.0. The highest BCUT2D eigenvalue weighted by molar-refractivity contribution is 5.95. The fourth-order valence-electron chi connectivity index (χ4n) is 1.94. The van der Waals surface area contributed by atoms with Crippen molar-refractivity contribution in [3.8, 4) is 0 Å². The van der Waals surface area contributed by atoms with Gasteiger partial charge in [0.05, 0.1) is 12.6 Å². The number of carbonyl (C=O) groups is 1. The zero-order valence-electron chi connectivity index (χ0n) is 12.3. The molecule has 22 heavy (non-hydrogen) atoms. The van der Waals surface area contributed by atoms with Gasteiger partial charge in [-0.05, 0) is 18.1 Å². The van der Waals surface area contributed by atoms with E-state index in [9.17, 15) is 4.79 Å². The summed E-state index contributed by atoms with van der Waals surface area (Å²) in [5, 5.41) is 6.95. The number of amides is 1. The van der Waals surface area contributed by atoms with Gasteiger partial charge in [0.15, 0.2) is 0 Å². The van der Waals surface area contributed by atoms with Crippen molar-refractivity contribution >= 4 is 36.4 Å². The lowest BCUT2D eigenvalue weighted by Gasteiger charge is -2.14. The topological polar surface area (TPSA) is 85.8 Å². The number of nitrogens with two attached hydrogens (primary N) is 1. The first-order valence-electron chi connectivity index (χ1n) is 6.67. The van der Waals surface area contributed by atoms with Crippen molar-refractivity contribution in [2.45, 2.75) is 32.4 Å². The standard InChI is InChI=1S/C14H19N5O.2ClH/c1-2-5-12(15)14(20)18-13-7-4-3-6-11(13)8-19-10-16-9-17-19;;/h3-4,6-7,9-10,12H,2,5,8,15H2,1H3,(H,18,20);2*1H. The third-order valence-corrected chi connectivity index (χ3v) is 3.01. The molecule has 0 bridgehead atoms. The van der Waals surface area contributed by atoms with Crippen LogP contribution in [0.1, 0.15) is 25.3 Å². The van der Waals surface area contributed by atoms with Gasteiger partial charge in [-0.2, -0.15) is 5.10 Å². The molecule has 1 aromatic carbocycles. The van der Waals surface area contributed by atoms with Gasteiger partial charge in [0.1, 0.15) is 12.7 Å². The fourth-order valence-corrected chi connectivity index (χ4v) is 1.94. The maximum Gasteiger partial charge on any atom is 0.241 e. The lowest BCUT2D eigenvalue weighted by molar-refractivity contribution is -0.117. The minimum Gasteiger partial charge on any atom is -0.324 e. The Labute approximate surface area is 142 Å². The summed E-state index contributed by atoms with van der Waals surface area (Å²) < 4.78 is 1.71. The molecule has 122 valence electrons. The number of nitrogens with zero attached hydrogens (tertiary/aromatic N) is 3. The van der Waals surface area contributed by atoms with Crippen LogP contribution < -0.4 is 11.1 Å². The van der Waals surface area contributed by atoms with Gasteiger partial charge in [-0.3, -0.25) is 4.79 Å². The predicted octanol–water partition coefficient (Wildman–Crippen LogP) is 2.24. The minimum absolute atomic E-state index is 0. The third-order valence-electron chi connectivity index (χ3n) is 3.01. The lowest BCUT2D eigenvalue weighted by Crippen LogP contribution is -2.35. The van der Waals surface area contributed by atoms with Crippen molar-refractivity contribution in [2.75, 3.05) is 5.32 Å². The third kappa shape index (κ3) is 5.63. The maximum atomic E-state index is 12.0. The molecule has 0 aliphatic heterocycles. The molecule has 1 heterocycles. The van der Waals surface area contributed by atoms with Crippen LogP contribution in [-0.4, -0.2) is 26.7 Å². The normalized spacial score (nSPS) is 11.0. The molecule has 2 aromatic rings. The van der Waals surface area contributed by atoms with E-state index in [1.54, 1.807) is 11.0 Å². The monoisotopic (exact) mass is 345 g/mol. The molecule has 8 heteroatoms. The lowest BCUT2D eigenvalue weighted by atomic mass is 10.1. The Morgan fingerprint density at radius 3 is 2.73 bits per heavy atom. The first-order valence-corrected chi connectivity index (χ1v) is 6.67. The van der Waals surface area contributed by atoms with E-state index in [1.807, 2.05) is 31.2 Å². The van der Waals surface area contributed by atoms with Gasteiger partial charge in [0, 0.05) is 5.69 Å². The molecular weight excluding hydrogens is 325 g/mol. The van der Waals surface area contributed by atoms with Crippen molar-refractivity contribution < 1.29 is 4.79 Å². The number of halogens is 2. The number of nitrogens with one attached hydrogen (secondary N) is 1. The number of hydrogen-bond acceptors (Lipinski definition) is 4. The largest absolute Gasteiger partial charge is 0.324 e. The molecule has 2 rings (SSSR count). The molecule has 0 aliphatic carbocycles. The number of aromatic nitrogens is 3. The summed E-state index contributed by atoms with van der Waals surface area (Å²) in [5.41, 5.74) is 7.55. The summed E-state index contributed by atoms with van der Waals surface area (Å²) in [6, 6.07) is 7.14. The molecule has 1 unspecified atom stereocenters. The zero-order chi connectivity index (χ0) is 14.4. The van der Waals surface area contributed by atoms with Gasteiger partial charge in [0.25, 0.3) is 0 Å². The van der Waals surface area contributed by atoms with Gasteiger partial charge in [0.2, 0.25) is 5.91 Å². The van der Waals surface area contributed by atoms with E-state index in [4.69, 9.17) is 5.73 Å². The van der Waals surface area contributed by atoms with Crippen LogP contribution in [0.25, 0.3) is 0 Å². The average Bonchev–Trinajstić information content (AvgIpc) is 2.94. The highest BCUT2D eigenvalue weighted by atomic mass is 35.5. The zero-order valence-corrected chi connectivity index (χ0v) is 13.9. The van der Waals surface area contributed by atoms with Crippen LogP contribution in [0.4, 0.5) is 5.69 Å². The molecule has 0 spiro atoms. The van der Waals surface area contributed by atoms with Crippen LogP contribution >= 0.6 is 24.8 Å². The number of hydrogen-bond donors (Lipinski definition) is 2. The van der Waals surface area contributed by atoms with Crippen LogP contribution in [0.3, 0.4) is 0 Å². The van der Waals surface area contributed by atoms with Gasteiger partial charge in [-0.15, -0.1) is 24.8 Å². The smallest absolute Gasteiger partial charge is 0.241 e. The van der Waals surface area contributed by atoms with Crippen LogP contribution in [0.2, 0.25) is 0 Å². The van der Waals surface area contributed by atoms with Gasteiger partial charge < -0.3 is 11.1 Å². The highest BCUT2D eigenvalue weighted by Gasteiger charge is 2.14. The number of rotatable bonds is 6. The molecule has 0 radical (unpaired) electrons. The molecule has 0 fully saturated rings. The van der Waals surface area contributed by atoms with E-state index in [-0.39, 0.29) is 30.7 Å². The number of anilines is 1. The van der Waals surface area contributed by atoms with E-state index in [1.165, 1.54) is 6.33 Å². The molecule has 0 aliphatic rings. The number of carbonyl (C=O) groups excluding carboxylic acids is 1. The molecule has 6 nitrogen and oxygen atoms in total. The van der Waals surface area contributed by atoms with Crippen molar-refractivity contribution in [1.29, 1.82) is 0 Å². The van der Waals surface area contributed by atoms with Crippen molar-refractivity contribution in [3.05, 3.63) is 42.5 Å². The highest BCUT2D eigenvalue weighted by Crippen LogP contribution is 2.16. The van der Waals surface area contributed by atoms with E-state index in [0.29, 0.717) is 13.0 Å². The Balaban J connectivity index is 0.00000220. The molecular formula is C14H21Cl2N5O. The van der Waals surface area contributed by atoms with Gasteiger partial charge in [-0.1, -0.05) is 31.5 Å². The van der Waals surface area contributed by atoms with E-state index >= 15 is 0 Å². The summed E-state index contributed by atoms with van der Waals surface area (Å²) in [6.45, 7) is 2.56. The van der Waals surface area contributed by atoms with E-state index in [0.717, 1.165) is 17.7 Å². The summed E-state index contributed by atoms with van der Waals surface area (Å²) in [6.07, 6.45) is 4.69. The fraction of sp³-hybridized carbons (Fsp3) is 0.357. The van der Waals surface area contributed by atoms with Crippen LogP contribution in [0.5, 0.6) is 0 Å². The SMILES string of the molecule is CCCC(N)C(=O)Nc1ccccc1Cn1cncn1.Cl.Cl. The van der Waals surface area contributed by atoms with E-state index in [2.05, 4.69) is 15.4 Å². The summed E-state index contributed by atoms with van der Waals surface area (Å²) in [4.78, 5) is 15.9. The molecule has 1 atom stereocenters. The Kier molecular flexibility index (Phi) is 9.40. The summed E-state index contributed by atoms with van der Waals surface area (Å²) >= 11 is 0. The first kappa shape index (κ1) is 20.4. The molecule has 0 saturated heterocycles. The Bertz CT molecular complexity index is 562. The van der Waals surface area contributed by atoms with Gasteiger partial charge in [-0.25, -0.2) is 9.67 Å². The second-order valence-corrected chi connectivity index (χ2v) is 4.63. The second kappa shape index (κ2) is 10.2. The van der Waals surface area contributed by atoms with E-state index < -0.39 is 6.04 Å². The Morgan fingerprint density at radius 2 is 2.09 bits per heavy atom. The summed E-state index contributed by atoms with van der Waals surface area (Å²) in [7, 11) is 0. The molecule has 1 amide bonds. The second-order valence-electron chi connectivity index (χ2n) is 4.63. The number of benzene rings is 1. The number of para-hydroxylation sites is 1. The predicted molar refractivity (Wildman–Crippen MR) is 91.6 cm³/mol. The Morgan fingerprint density at radius 1 is 1.36 bits per heavy atom. The minimum atomic E-state index is -0.473. The van der Waals surface area contributed by atoms with Crippen molar-refractivity contribution in [2.24, 2.45) is 5.73 Å². The van der Waals surface area contributed by atoms with Crippen molar-refractivity contribution in [3.63, 3.8) is 0 Å². The average molecular weight is 346 g/mol.